The van der Waals surface area contributed by atoms with Crippen molar-refractivity contribution in [2.45, 2.75) is 38.4 Å². The van der Waals surface area contributed by atoms with Gasteiger partial charge in [0, 0.05) is 54.8 Å². The van der Waals surface area contributed by atoms with Gasteiger partial charge in [-0.3, -0.25) is 19.7 Å². The summed E-state index contributed by atoms with van der Waals surface area (Å²) in [6.07, 6.45) is 6.24. The number of hydrogen-bond donors (Lipinski definition) is 2. The van der Waals surface area contributed by atoms with Gasteiger partial charge in [0.2, 0.25) is 11.8 Å². The number of fused-ring (bicyclic) bond motifs is 2. The zero-order valence-corrected chi connectivity index (χ0v) is 20.9. The molecule has 2 aliphatic heterocycles. The van der Waals surface area contributed by atoms with Crippen molar-refractivity contribution >= 4 is 23.4 Å². The molecule has 1 fully saturated rings. The Labute approximate surface area is 222 Å². The summed E-state index contributed by atoms with van der Waals surface area (Å²) in [6.45, 7) is 1.16. The van der Waals surface area contributed by atoms with E-state index in [1.54, 1.807) is 12.3 Å². The molecule has 0 saturated carbocycles. The lowest BCUT2D eigenvalue weighted by Gasteiger charge is -2.29. The fourth-order valence-corrected chi connectivity index (χ4v) is 5.36. The molecule has 2 aromatic carbocycles. The minimum absolute atomic E-state index is 0.0646. The highest BCUT2D eigenvalue weighted by Crippen LogP contribution is 2.33. The van der Waals surface area contributed by atoms with E-state index in [-0.39, 0.29) is 36.8 Å². The number of nitrogens with one attached hydrogen (secondary N) is 2. The Bertz CT molecular complexity index is 1610. The number of nitrogens with zero attached hydrogens (tertiary/aromatic N) is 3. The Morgan fingerprint density at radius 1 is 1.05 bits per heavy atom. The molecule has 0 radical (unpaired) electrons. The average molecular weight is 530 g/mol. The number of rotatable bonds is 7. The standard InChI is InChI=1S/C29H25F2N5O3/c30-23-2-1-3-24(31)21(23)8-9-32-14-17-12-22(27-33-10-11-35(27)15-17)18-4-5-20-19(13-18)16-36(29(20)39)25-6-7-26(37)34-28(25)38/h1-5,10-13,15,25,32H,6-9,14,16H2,(H,34,37,38). The first-order chi connectivity index (χ1) is 18.9. The zero-order valence-electron chi connectivity index (χ0n) is 20.9. The van der Waals surface area contributed by atoms with Crippen LogP contribution in [0.15, 0.2) is 61.1 Å². The van der Waals surface area contributed by atoms with E-state index >= 15 is 0 Å². The summed E-state index contributed by atoms with van der Waals surface area (Å²) < 4.78 is 29.8. The normalized spacial score (nSPS) is 17.1. The molecule has 2 aromatic heterocycles. The minimum Gasteiger partial charge on any atom is -0.322 e. The van der Waals surface area contributed by atoms with Crippen LogP contribution in [0, 0.1) is 11.6 Å². The summed E-state index contributed by atoms with van der Waals surface area (Å²) in [5, 5.41) is 5.58. The van der Waals surface area contributed by atoms with Crippen LogP contribution in [0.4, 0.5) is 8.78 Å². The third-order valence-electron chi connectivity index (χ3n) is 7.32. The van der Waals surface area contributed by atoms with Crippen molar-refractivity contribution in [1.29, 1.82) is 0 Å². The molecule has 10 heteroatoms. The lowest BCUT2D eigenvalue weighted by atomic mass is 10.00. The van der Waals surface area contributed by atoms with Gasteiger partial charge >= 0.3 is 0 Å². The number of imidazole rings is 1. The Morgan fingerprint density at radius 3 is 2.67 bits per heavy atom. The van der Waals surface area contributed by atoms with Crippen LogP contribution in [0.2, 0.25) is 0 Å². The molecular weight excluding hydrogens is 504 g/mol. The lowest BCUT2D eigenvalue weighted by Crippen LogP contribution is -2.52. The highest BCUT2D eigenvalue weighted by molar-refractivity contribution is 6.05. The van der Waals surface area contributed by atoms with Crippen molar-refractivity contribution in [2.24, 2.45) is 0 Å². The molecule has 3 amide bonds. The summed E-state index contributed by atoms with van der Waals surface area (Å²) in [5.41, 5.74) is 4.86. The molecule has 2 aliphatic rings. The molecule has 39 heavy (non-hydrogen) atoms. The van der Waals surface area contributed by atoms with E-state index in [4.69, 9.17) is 0 Å². The third kappa shape index (κ3) is 4.67. The second-order valence-electron chi connectivity index (χ2n) is 9.82. The monoisotopic (exact) mass is 529 g/mol. The maximum Gasteiger partial charge on any atom is 0.255 e. The largest absolute Gasteiger partial charge is 0.322 e. The van der Waals surface area contributed by atoms with E-state index in [2.05, 4.69) is 15.6 Å². The van der Waals surface area contributed by atoms with Crippen molar-refractivity contribution < 1.29 is 23.2 Å². The van der Waals surface area contributed by atoms with Gasteiger partial charge < -0.3 is 14.6 Å². The number of carbonyl (C=O) groups is 3. The number of piperidine rings is 1. The van der Waals surface area contributed by atoms with Crippen LogP contribution in [0.25, 0.3) is 16.8 Å². The number of carbonyl (C=O) groups excluding carboxylic acids is 3. The third-order valence-corrected chi connectivity index (χ3v) is 7.32. The van der Waals surface area contributed by atoms with E-state index in [1.165, 1.54) is 23.1 Å². The lowest BCUT2D eigenvalue weighted by molar-refractivity contribution is -0.136. The van der Waals surface area contributed by atoms with Gasteiger partial charge in [0.1, 0.15) is 23.3 Å². The summed E-state index contributed by atoms with van der Waals surface area (Å²) >= 11 is 0. The quantitative estimate of drug-likeness (QED) is 0.283. The second-order valence-corrected chi connectivity index (χ2v) is 9.82. The van der Waals surface area contributed by atoms with Crippen molar-refractivity contribution in [3.05, 3.63) is 94.9 Å². The molecule has 0 aliphatic carbocycles. The number of imide groups is 1. The van der Waals surface area contributed by atoms with Crippen molar-refractivity contribution in [2.75, 3.05) is 6.54 Å². The topological polar surface area (TPSA) is 95.8 Å². The molecular formula is C29H25F2N5O3. The smallest absolute Gasteiger partial charge is 0.255 e. The van der Waals surface area contributed by atoms with Crippen LogP contribution >= 0.6 is 0 Å². The first kappa shape index (κ1) is 24.9. The highest BCUT2D eigenvalue weighted by atomic mass is 19.1. The van der Waals surface area contributed by atoms with E-state index in [0.717, 1.165) is 27.9 Å². The molecule has 1 atom stereocenters. The molecule has 6 rings (SSSR count). The first-order valence-corrected chi connectivity index (χ1v) is 12.8. The number of benzene rings is 2. The minimum atomic E-state index is -0.669. The molecule has 0 spiro atoms. The van der Waals surface area contributed by atoms with Gasteiger partial charge in [-0.25, -0.2) is 13.8 Å². The molecule has 0 bridgehead atoms. The van der Waals surface area contributed by atoms with Crippen LogP contribution < -0.4 is 10.6 Å². The number of aromatic nitrogens is 2. The maximum atomic E-state index is 13.9. The number of halogens is 2. The number of amides is 3. The van der Waals surface area contributed by atoms with Gasteiger partial charge in [0.05, 0.1) is 0 Å². The van der Waals surface area contributed by atoms with Crippen LogP contribution in [0.5, 0.6) is 0 Å². The predicted octanol–water partition coefficient (Wildman–Crippen LogP) is 3.37. The molecule has 2 N–H and O–H groups in total. The first-order valence-electron chi connectivity index (χ1n) is 12.8. The van der Waals surface area contributed by atoms with E-state index in [0.29, 0.717) is 25.1 Å². The zero-order chi connectivity index (χ0) is 27.1. The van der Waals surface area contributed by atoms with Crippen molar-refractivity contribution in [1.82, 2.24) is 24.9 Å². The van der Waals surface area contributed by atoms with E-state index in [1.807, 2.05) is 35.0 Å². The fraction of sp³-hybridized carbons (Fsp3) is 0.241. The maximum absolute atomic E-state index is 13.9. The summed E-state index contributed by atoms with van der Waals surface area (Å²) in [6, 6.07) is 10.8. The highest BCUT2D eigenvalue weighted by Gasteiger charge is 2.39. The Kier molecular flexibility index (Phi) is 6.40. The van der Waals surface area contributed by atoms with Crippen LogP contribution in [-0.2, 0) is 29.1 Å². The Morgan fingerprint density at radius 2 is 1.87 bits per heavy atom. The Balaban J connectivity index is 1.22. The predicted molar refractivity (Wildman–Crippen MR) is 138 cm³/mol. The second kappa shape index (κ2) is 10.0. The molecule has 8 nitrogen and oxygen atoms in total. The molecule has 198 valence electrons. The Hall–Kier alpha value is -4.44. The van der Waals surface area contributed by atoms with Crippen LogP contribution in [-0.4, -0.2) is 44.6 Å². The molecule has 1 saturated heterocycles. The average Bonchev–Trinajstić information content (AvgIpc) is 3.51. The number of pyridine rings is 1. The van der Waals surface area contributed by atoms with Gasteiger partial charge in [-0.05, 0) is 66.4 Å². The van der Waals surface area contributed by atoms with Gasteiger partial charge in [-0.15, -0.1) is 0 Å². The molecule has 4 aromatic rings. The summed E-state index contributed by atoms with van der Waals surface area (Å²) in [7, 11) is 0. The fourth-order valence-electron chi connectivity index (χ4n) is 5.36. The summed E-state index contributed by atoms with van der Waals surface area (Å²) in [5.74, 6) is -2.08. The SMILES string of the molecule is O=C1CCC(N2Cc3cc(-c4cc(CNCCc5c(F)cccc5F)cn5ccnc45)ccc3C2=O)C(=O)N1. The van der Waals surface area contributed by atoms with Gasteiger partial charge in [0.25, 0.3) is 5.91 Å². The van der Waals surface area contributed by atoms with Crippen LogP contribution in [0.1, 0.15) is 39.9 Å². The molecule has 4 heterocycles. The summed E-state index contributed by atoms with van der Waals surface area (Å²) in [4.78, 5) is 43.0. The van der Waals surface area contributed by atoms with Crippen LogP contribution in [0.3, 0.4) is 0 Å². The van der Waals surface area contributed by atoms with Crippen molar-refractivity contribution in [3.63, 3.8) is 0 Å². The van der Waals surface area contributed by atoms with Gasteiger partial charge in [0.15, 0.2) is 0 Å². The van der Waals surface area contributed by atoms with E-state index < -0.39 is 23.6 Å². The van der Waals surface area contributed by atoms with Gasteiger partial charge in [-0.2, -0.15) is 0 Å². The van der Waals surface area contributed by atoms with Gasteiger partial charge in [-0.1, -0.05) is 12.1 Å². The van der Waals surface area contributed by atoms with E-state index in [9.17, 15) is 23.2 Å². The molecule has 1 unspecified atom stereocenters. The van der Waals surface area contributed by atoms with Crippen molar-refractivity contribution in [3.8, 4) is 11.1 Å². The number of hydrogen-bond acceptors (Lipinski definition) is 5.